The van der Waals surface area contributed by atoms with Crippen LogP contribution in [0.15, 0.2) is 12.1 Å². The van der Waals surface area contributed by atoms with Crippen LogP contribution in [0.3, 0.4) is 0 Å². The highest BCUT2D eigenvalue weighted by Gasteiger charge is 2.23. The van der Waals surface area contributed by atoms with E-state index in [1.165, 1.54) is 19.2 Å². The van der Waals surface area contributed by atoms with Gasteiger partial charge in [0.1, 0.15) is 11.6 Å². The molecule has 0 atom stereocenters. The van der Waals surface area contributed by atoms with Gasteiger partial charge in [0.05, 0.1) is 24.5 Å². The second-order valence-corrected chi connectivity index (χ2v) is 2.85. The smallest absolute Gasteiger partial charge is 0.328 e. The molecule has 0 spiro atoms. The average molecular weight is 217 g/mol. The van der Waals surface area contributed by atoms with E-state index >= 15 is 0 Å². The highest BCUT2D eigenvalue weighted by atomic mass is 16.6. The number of ether oxygens (including phenoxy) is 1. The molecule has 0 N–H and O–H groups in total. The number of methoxy groups -OCH3 is 1. The normalized spacial score (nSPS) is 8.94. The number of nitrogens with zero attached hydrogens (tertiary/aromatic N) is 3. The second-order valence-electron chi connectivity index (χ2n) is 2.85. The van der Waals surface area contributed by atoms with Gasteiger partial charge in [0, 0.05) is 0 Å². The Hall–Kier alpha value is -2.60. The Morgan fingerprint density at radius 3 is 2.62 bits per heavy atom. The fraction of sp³-hybridized carbons (Fsp3) is 0.200. The number of hydrogen-bond donors (Lipinski definition) is 0. The molecule has 0 bridgehead atoms. The van der Waals surface area contributed by atoms with Gasteiger partial charge >= 0.3 is 5.69 Å². The highest BCUT2D eigenvalue weighted by molar-refractivity contribution is 5.62. The lowest BCUT2D eigenvalue weighted by Gasteiger charge is -2.05. The van der Waals surface area contributed by atoms with Crippen molar-refractivity contribution in [1.29, 1.82) is 10.5 Å². The summed E-state index contributed by atoms with van der Waals surface area (Å²) >= 11 is 0. The van der Waals surface area contributed by atoms with Crippen molar-refractivity contribution in [2.24, 2.45) is 0 Å². The molecule has 0 amide bonds. The minimum Gasteiger partial charge on any atom is -0.490 e. The molecule has 0 saturated heterocycles. The summed E-state index contributed by atoms with van der Waals surface area (Å²) in [6.45, 7) is 0. The molecule has 0 fully saturated rings. The molecule has 0 unspecified atom stereocenters. The third-order valence-electron chi connectivity index (χ3n) is 2.01. The van der Waals surface area contributed by atoms with Crippen molar-refractivity contribution in [2.45, 2.75) is 6.42 Å². The van der Waals surface area contributed by atoms with Gasteiger partial charge in [-0.15, -0.1) is 0 Å². The topological polar surface area (TPSA) is 99.9 Å². The summed E-state index contributed by atoms with van der Waals surface area (Å²) in [4.78, 5) is 10.1. The van der Waals surface area contributed by atoms with Crippen molar-refractivity contribution < 1.29 is 9.66 Å². The zero-order valence-electron chi connectivity index (χ0n) is 8.43. The third kappa shape index (κ3) is 1.91. The van der Waals surface area contributed by atoms with Crippen LogP contribution < -0.4 is 4.74 Å². The molecular weight excluding hydrogens is 210 g/mol. The Morgan fingerprint density at radius 1 is 1.50 bits per heavy atom. The minimum atomic E-state index is -0.682. The molecule has 6 nitrogen and oxygen atoms in total. The van der Waals surface area contributed by atoms with E-state index in [1.54, 1.807) is 6.07 Å². The van der Waals surface area contributed by atoms with E-state index in [9.17, 15) is 10.1 Å². The van der Waals surface area contributed by atoms with Crippen LogP contribution in [0.1, 0.15) is 11.1 Å². The van der Waals surface area contributed by atoms with Gasteiger partial charge in [0.15, 0.2) is 5.75 Å². The fourth-order valence-electron chi connectivity index (χ4n) is 1.32. The van der Waals surface area contributed by atoms with Gasteiger partial charge in [-0.05, 0) is 11.6 Å². The molecule has 0 aromatic heterocycles. The van der Waals surface area contributed by atoms with Crippen LogP contribution in [0.25, 0.3) is 0 Å². The van der Waals surface area contributed by atoms with Crippen molar-refractivity contribution in [2.75, 3.05) is 7.11 Å². The van der Waals surface area contributed by atoms with E-state index in [4.69, 9.17) is 15.3 Å². The van der Waals surface area contributed by atoms with Gasteiger partial charge < -0.3 is 4.74 Å². The zero-order valence-corrected chi connectivity index (χ0v) is 8.43. The predicted molar refractivity (Wildman–Crippen MR) is 53.7 cm³/mol. The Morgan fingerprint density at radius 2 is 2.19 bits per heavy atom. The first-order chi connectivity index (χ1) is 7.65. The lowest BCUT2D eigenvalue weighted by molar-refractivity contribution is -0.386. The van der Waals surface area contributed by atoms with Crippen LogP contribution in [0, 0.1) is 32.8 Å². The van der Waals surface area contributed by atoms with Crippen molar-refractivity contribution in [1.82, 2.24) is 0 Å². The van der Waals surface area contributed by atoms with E-state index in [0.717, 1.165) is 0 Å². The molecule has 1 aromatic carbocycles. The molecule has 1 rings (SSSR count). The molecule has 0 aliphatic rings. The summed E-state index contributed by atoms with van der Waals surface area (Å²) < 4.78 is 4.81. The van der Waals surface area contributed by atoms with E-state index in [1.807, 2.05) is 6.07 Å². The van der Waals surface area contributed by atoms with Gasteiger partial charge in [-0.3, -0.25) is 10.1 Å². The van der Waals surface area contributed by atoms with Crippen LogP contribution in [0.4, 0.5) is 5.69 Å². The zero-order chi connectivity index (χ0) is 12.1. The number of benzene rings is 1. The van der Waals surface area contributed by atoms with Crippen molar-refractivity contribution in [3.05, 3.63) is 33.4 Å². The maximum absolute atomic E-state index is 10.8. The van der Waals surface area contributed by atoms with Gasteiger partial charge in [0.2, 0.25) is 0 Å². The highest BCUT2D eigenvalue weighted by Crippen LogP contribution is 2.32. The first-order valence-electron chi connectivity index (χ1n) is 4.27. The monoisotopic (exact) mass is 217 g/mol. The summed E-state index contributed by atoms with van der Waals surface area (Å²) in [5.74, 6) is 0.0169. The van der Waals surface area contributed by atoms with Crippen LogP contribution in [-0.2, 0) is 6.42 Å². The molecule has 6 heteroatoms. The molecule has 0 aliphatic carbocycles. The lowest BCUT2D eigenvalue weighted by Crippen LogP contribution is -2.00. The van der Waals surface area contributed by atoms with Crippen molar-refractivity contribution >= 4 is 5.69 Å². The first kappa shape index (κ1) is 11.5. The summed E-state index contributed by atoms with van der Waals surface area (Å²) in [5, 5.41) is 28.2. The summed E-state index contributed by atoms with van der Waals surface area (Å²) in [5.41, 5.74) is -0.179. The molecular formula is C10H7N3O3. The van der Waals surface area contributed by atoms with E-state index < -0.39 is 10.6 Å². The Balaban J connectivity index is 3.52. The van der Waals surface area contributed by atoms with Crippen molar-refractivity contribution in [3.8, 4) is 17.9 Å². The van der Waals surface area contributed by atoms with Gasteiger partial charge in [-0.2, -0.15) is 10.5 Å². The molecule has 1 aromatic rings. The summed E-state index contributed by atoms with van der Waals surface area (Å²) in [6, 6.07) is 6.44. The molecule has 80 valence electrons. The maximum Gasteiger partial charge on any atom is 0.328 e. The molecule has 16 heavy (non-hydrogen) atoms. The Kier molecular flexibility index (Phi) is 3.41. The number of nitro groups is 1. The molecule has 0 aliphatic heterocycles. The van der Waals surface area contributed by atoms with Crippen molar-refractivity contribution in [3.63, 3.8) is 0 Å². The second kappa shape index (κ2) is 4.76. The minimum absolute atomic E-state index is 0.0169. The average Bonchev–Trinajstić information content (AvgIpc) is 2.28. The maximum atomic E-state index is 10.8. The Labute approximate surface area is 91.4 Å². The van der Waals surface area contributed by atoms with E-state index in [0.29, 0.717) is 5.56 Å². The van der Waals surface area contributed by atoms with E-state index in [-0.39, 0.29) is 17.7 Å². The van der Waals surface area contributed by atoms with E-state index in [2.05, 4.69) is 0 Å². The fourth-order valence-corrected chi connectivity index (χ4v) is 1.32. The number of rotatable bonds is 3. The molecule has 0 saturated carbocycles. The third-order valence-corrected chi connectivity index (χ3v) is 2.01. The van der Waals surface area contributed by atoms with Crippen LogP contribution in [0.2, 0.25) is 0 Å². The van der Waals surface area contributed by atoms with Crippen LogP contribution in [-0.4, -0.2) is 12.0 Å². The van der Waals surface area contributed by atoms with Crippen LogP contribution in [0.5, 0.6) is 5.75 Å². The quantitative estimate of drug-likeness (QED) is 0.564. The first-order valence-corrected chi connectivity index (χ1v) is 4.27. The standard InChI is InChI=1S/C10H7N3O3/c1-16-9-3-2-7(4-5-11)8(6-12)10(9)13(14)15/h2-3H,4H2,1H3. The van der Waals surface area contributed by atoms with Gasteiger partial charge in [-0.25, -0.2) is 0 Å². The number of nitro benzene ring substituents is 1. The SMILES string of the molecule is COc1ccc(CC#N)c(C#N)c1[N+](=O)[O-]. The molecule has 0 heterocycles. The predicted octanol–water partition coefficient (Wildman–Crippen LogP) is 1.54. The lowest BCUT2D eigenvalue weighted by atomic mass is 10.0. The van der Waals surface area contributed by atoms with Gasteiger partial charge in [0.25, 0.3) is 0 Å². The summed E-state index contributed by atoms with van der Waals surface area (Å²) in [6.07, 6.45) is -0.0479. The number of nitriles is 2. The van der Waals surface area contributed by atoms with Crippen LogP contribution >= 0.6 is 0 Å². The molecule has 0 radical (unpaired) electrons. The summed E-state index contributed by atoms with van der Waals surface area (Å²) in [7, 11) is 1.29. The number of hydrogen-bond acceptors (Lipinski definition) is 5. The largest absolute Gasteiger partial charge is 0.490 e. The van der Waals surface area contributed by atoms with Gasteiger partial charge in [-0.1, -0.05) is 6.07 Å². The Bertz CT molecular complexity index is 511.